The Bertz CT molecular complexity index is 906. The second-order valence-electron chi connectivity index (χ2n) is 5.86. The van der Waals surface area contributed by atoms with Crippen LogP contribution >= 0.6 is 11.6 Å². The van der Waals surface area contributed by atoms with Gasteiger partial charge in [-0.3, -0.25) is 9.59 Å². The number of nitrogen functional groups attached to an aromatic ring is 1. The number of hydrogen-bond acceptors (Lipinski definition) is 7. The van der Waals surface area contributed by atoms with Gasteiger partial charge in [-0.05, 0) is 23.8 Å². The number of primary amides is 1. The molecule has 3 heterocycles. The number of carbonyl (C=O) groups excluding carboxylic acids is 2. The van der Waals surface area contributed by atoms with Crippen LogP contribution in [-0.2, 0) is 14.3 Å². The van der Waals surface area contributed by atoms with Gasteiger partial charge in [-0.25, -0.2) is 15.0 Å². The van der Waals surface area contributed by atoms with Crippen LogP contribution in [0.4, 0.5) is 5.82 Å². The molecule has 1 fully saturated rings. The molecular weight excluding hydrogens is 372 g/mol. The molecule has 27 heavy (non-hydrogen) atoms. The monoisotopic (exact) mass is 388 g/mol. The van der Waals surface area contributed by atoms with E-state index in [2.05, 4.69) is 21.5 Å². The molecule has 1 aliphatic rings. The Hall–Kier alpha value is -3.04. The molecule has 0 aromatic carbocycles. The molecule has 0 bridgehead atoms. The third-order valence-electron chi connectivity index (χ3n) is 4.13. The lowest BCUT2D eigenvalue weighted by Gasteiger charge is -2.40. The minimum atomic E-state index is -0.917. The highest BCUT2D eigenvalue weighted by molar-refractivity contribution is 6.29. The largest absolute Gasteiger partial charge is 0.384 e. The first kappa shape index (κ1) is 18.7. The van der Waals surface area contributed by atoms with Crippen LogP contribution in [0.1, 0.15) is 11.6 Å². The number of ether oxygens (including phenoxy) is 1. The molecule has 2 aromatic heterocycles. The Morgan fingerprint density at radius 2 is 2.04 bits per heavy atom. The van der Waals surface area contributed by atoms with Crippen molar-refractivity contribution in [3.8, 4) is 11.4 Å². The van der Waals surface area contributed by atoms with Crippen molar-refractivity contribution < 1.29 is 14.3 Å². The van der Waals surface area contributed by atoms with Crippen molar-refractivity contribution in [2.75, 3.05) is 18.9 Å². The van der Waals surface area contributed by atoms with Gasteiger partial charge in [0, 0.05) is 6.07 Å². The van der Waals surface area contributed by atoms with Crippen molar-refractivity contribution in [3.05, 3.63) is 47.9 Å². The summed E-state index contributed by atoms with van der Waals surface area (Å²) in [4.78, 5) is 37.8. The first-order valence-corrected chi connectivity index (χ1v) is 8.35. The van der Waals surface area contributed by atoms with E-state index in [0.717, 1.165) is 6.08 Å². The Balaban J connectivity index is 2.06. The topological polar surface area (TPSA) is 137 Å². The number of morpholine rings is 1. The van der Waals surface area contributed by atoms with Gasteiger partial charge >= 0.3 is 0 Å². The fourth-order valence-corrected chi connectivity index (χ4v) is 3.13. The quantitative estimate of drug-likeness (QED) is 0.581. The summed E-state index contributed by atoms with van der Waals surface area (Å²) >= 11 is 6.18. The second kappa shape index (κ2) is 7.68. The number of halogens is 1. The number of amides is 2. The molecule has 2 amide bonds. The first-order chi connectivity index (χ1) is 12.9. The van der Waals surface area contributed by atoms with Crippen molar-refractivity contribution in [2.24, 2.45) is 5.73 Å². The predicted octanol–water partition coefficient (Wildman–Crippen LogP) is 0.714. The number of nitrogens with zero attached hydrogens (tertiary/aromatic N) is 4. The molecule has 2 atom stereocenters. The van der Waals surface area contributed by atoms with Gasteiger partial charge in [0.25, 0.3) is 0 Å². The Kier molecular flexibility index (Phi) is 5.33. The van der Waals surface area contributed by atoms with Crippen LogP contribution < -0.4 is 11.5 Å². The van der Waals surface area contributed by atoms with Crippen LogP contribution in [0.25, 0.3) is 11.4 Å². The lowest BCUT2D eigenvalue weighted by molar-refractivity contribution is -0.149. The van der Waals surface area contributed by atoms with E-state index in [9.17, 15) is 9.59 Å². The maximum Gasteiger partial charge on any atom is 0.247 e. The summed E-state index contributed by atoms with van der Waals surface area (Å²) in [5.41, 5.74) is 12.7. The molecule has 9 nitrogen and oxygen atoms in total. The van der Waals surface area contributed by atoms with E-state index in [1.807, 2.05) is 0 Å². The van der Waals surface area contributed by atoms with Gasteiger partial charge in [0.05, 0.1) is 30.6 Å². The lowest BCUT2D eigenvalue weighted by Crippen LogP contribution is -2.55. The van der Waals surface area contributed by atoms with Crippen LogP contribution in [0.5, 0.6) is 0 Å². The highest BCUT2D eigenvalue weighted by Crippen LogP contribution is 2.31. The Labute approximate surface area is 160 Å². The normalized spacial score (nSPS) is 19.5. The van der Waals surface area contributed by atoms with Crippen LogP contribution in [0.2, 0.25) is 5.15 Å². The summed E-state index contributed by atoms with van der Waals surface area (Å²) in [6, 6.07) is 3.34. The molecular formula is C17H17ClN6O3. The van der Waals surface area contributed by atoms with Crippen LogP contribution in [0, 0.1) is 0 Å². The van der Waals surface area contributed by atoms with Crippen LogP contribution in [0.3, 0.4) is 0 Å². The Morgan fingerprint density at radius 1 is 1.26 bits per heavy atom. The number of nitrogens with two attached hydrogens (primary N) is 2. The maximum atomic E-state index is 12.4. The maximum absolute atomic E-state index is 12.4. The highest BCUT2D eigenvalue weighted by Gasteiger charge is 2.38. The van der Waals surface area contributed by atoms with Crippen molar-refractivity contribution in [1.29, 1.82) is 0 Å². The summed E-state index contributed by atoms with van der Waals surface area (Å²) < 4.78 is 5.50. The van der Waals surface area contributed by atoms with Crippen molar-refractivity contribution in [2.45, 2.75) is 12.1 Å². The van der Waals surface area contributed by atoms with Gasteiger partial charge < -0.3 is 21.1 Å². The number of carbonyl (C=O) groups is 2. The molecule has 10 heteroatoms. The van der Waals surface area contributed by atoms with Gasteiger partial charge in [0.15, 0.2) is 0 Å². The third-order valence-corrected chi connectivity index (χ3v) is 4.33. The molecule has 4 N–H and O–H groups in total. The Morgan fingerprint density at radius 3 is 2.70 bits per heavy atom. The first-order valence-electron chi connectivity index (χ1n) is 7.98. The van der Waals surface area contributed by atoms with E-state index >= 15 is 0 Å². The zero-order chi connectivity index (χ0) is 19.6. The number of rotatable bonds is 4. The predicted molar refractivity (Wildman–Crippen MR) is 98.3 cm³/mol. The molecule has 0 saturated carbocycles. The molecule has 0 spiro atoms. The van der Waals surface area contributed by atoms with E-state index in [4.69, 9.17) is 27.8 Å². The highest BCUT2D eigenvalue weighted by atomic mass is 35.5. The van der Waals surface area contributed by atoms with E-state index in [1.54, 1.807) is 18.2 Å². The second-order valence-corrected chi connectivity index (χ2v) is 6.24. The fourth-order valence-electron chi connectivity index (χ4n) is 2.91. The fraction of sp³-hybridized carbons (Fsp3) is 0.235. The van der Waals surface area contributed by atoms with Crippen molar-refractivity contribution in [1.82, 2.24) is 19.9 Å². The molecule has 1 aliphatic heterocycles. The van der Waals surface area contributed by atoms with E-state index < -0.39 is 23.9 Å². The molecule has 140 valence electrons. The zero-order valence-electron chi connectivity index (χ0n) is 14.2. The molecule has 0 unspecified atom stereocenters. The van der Waals surface area contributed by atoms with Crippen molar-refractivity contribution >= 4 is 29.2 Å². The minimum Gasteiger partial charge on any atom is -0.384 e. The molecule has 2 aromatic rings. The van der Waals surface area contributed by atoms with Gasteiger partial charge in [-0.2, -0.15) is 0 Å². The molecule has 0 radical (unpaired) electrons. The average Bonchev–Trinajstić information content (AvgIpc) is 2.66. The average molecular weight is 389 g/mol. The standard InChI is InChI=1S/C17H17ClN6O3/c1-2-16(25)24-12(6-27-7-13(24)17(20)26)9-3-11(23-14(18)4-9)10-5-15(19)22-8-21-10/h2-5,8,12-13H,1,6-7H2,(H2,20,26)(H2,19,21,22)/t12-,13-/m0/s1. The SMILES string of the molecule is C=CC(=O)N1[C@H](C(N)=O)COC[C@H]1c1cc(Cl)nc(-c2cc(N)ncn2)c1. The number of aromatic nitrogens is 3. The van der Waals surface area contributed by atoms with Gasteiger partial charge in [-0.15, -0.1) is 0 Å². The summed E-state index contributed by atoms with van der Waals surface area (Å²) in [5.74, 6) is -0.826. The van der Waals surface area contributed by atoms with Crippen LogP contribution in [0.15, 0.2) is 37.2 Å². The lowest BCUT2D eigenvalue weighted by atomic mass is 10.0. The summed E-state index contributed by atoms with van der Waals surface area (Å²) in [5, 5.41) is 0.187. The van der Waals surface area contributed by atoms with E-state index in [-0.39, 0.29) is 24.2 Å². The number of anilines is 1. The minimum absolute atomic E-state index is 0.0134. The zero-order valence-corrected chi connectivity index (χ0v) is 15.0. The smallest absolute Gasteiger partial charge is 0.247 e. The van der Waals surface area contributed by atoms with Gasteiger partial charge in [0.1, 0.15) is 23.3 Å². The van der Waals surface area contributed by atoms with E-state index in [1.165, 1.54) is 11.2 Å². The molecule has 1 saturated heterocycles. The number of pyridine rings is 1. The summed E-state index contributed by atoms with van der Waals surface area (Å²) in [6.45, 7) is 3.67. The van der Waals surface area contributed by atoms with E-state index in [0.29, 0.717) is 17.0 Å². The molecule has 0 aliphatic carbocycles. The summed E-state index contributed by atoms with van der Waals surface area (Å²) in [6.07, 6.45) is 2.44. The van der Waals surface area contributed by atoms with Gasteiger partial charge in [-0.1, -0.05) is 18.2 Å². The number of hydrogen-bond donors (Lipinski definition) is 2. The third kappa shape index (κ3) is 3.88. The molecule has 3 rings (SSSR count). The van der Waals surface area contributed by atoms with Crippen LogP contribution in [-0.4, -0.2) is 50.9 Å². The summed E-state index contributed by atoms with van der Waals surface area (Å²) in [7, 11) is 0. The van der Waals surface area contributed by atoms with Crippen molar-refractivity contribution in [3.63, 3.8) is 0 Å². The van der Waals surface area contributed by atoms with Gasteiger partial charge in [0.2, 0.25) is 11.8 Å².